The predicted octanol–water partition coefficient (Wildman–Crippen LogP) is 2.28. The standard InChI is InChI=1S/C17H25N3O2S/c1-22-16-4-2-3-15(11-16)20-6-5-14(13-20)12-18-17(21)19-7-9-23-10-8-19/h2-4,11,14H,5-10,12-13H2,1H3,(H,18,21). The lowest BCUT2D eigenvalue weighted by Crippen LogP contribution is -2.45. The van der Waals surface area contributed by atoms with Gasteiger partial charge in [0.1, 0.15) is 5.75 Å². The summed E-state index contributed by atoms with van der Waals surface area (Å²) in [7, 11) is 1.69. The molecule has 0 saturated carbocycles. The van der Waals surface area contributed by atoms with Crippen molar-refractivity contribution in [3.63, 3.8) is 0 Å². The summed E-state index contributed by atoms with van der Waals surface area (Å²) in [5, 5.41) is 3.12. The number of carbonyl (C=O) groups excluding carboxylic acids is 1. The van der Waals surface area contributed by atoms with E-state index in [-0.39, 0.29) is 6.03 Å². The largest absolute Gasteiger partial charge is 0.497 e. The Morgan fingerprint density at radius 1 is 1.35 bits per heavy atom. The highest BCUT2D eigenvalue weighted by Crippen LogP contribution is 2.26. The number of amides is 2. The number of carbonyl (C=O) groups is 1. The van der Waals surface area contributed by atoms with E-state index in [9.17, 15) is 4.79 Å². The third-order valence-electron chi connectivity index (χ3n) is 4.54. The van der Waals surface area contributed by atoms with E-state index in [1.54, 1.807) is 7.11 Å². The molecule has 0 aromatic heterocycles. The number of thioether (sulfide) groups is 1. The zero-order valence-electron chi connectivity index (χ0n) is 13.7. The molecule has 1 atom stereocenters. The van der Waals surface area contributed by atoms with Crippen LogP contribution in [0.15, 0.2) is 24.3 Å². The van der Waals surface area contributed by atoms with Gasteiger partial charge in [-0.3, -0.25) is 0 Å². The van der Waals surface area contributed by atoms with Crippen LogP contribution in [0.3, 0.4) is 0 Å². The number of ether oxygens (including phenoxy) is 1. The van der Waals surface area contributed by atoms with E-state index in [1.807, 2.05) is 28.8 Å². The third-order valence-corrected chi connectivity index (χ3v) is 5.49. The van der Waals surface area contributed by atoms with Crippen molar-refractivity contribution < 1.29 is 9.53 Å². The molecule has 0 radical (unpaired) electrons. The summed E-state index contributed by atoms with van der Waals surface area (Å²) in [5.74, 6) is 3.52. The van der Waals surface area contributed by atoms with E-state index in [0.717, 1.165) is 56.4 Å². The number of rotatable bonds is 4. The molecule has 2 amide bonds. The number of methoxy groups -OCH3 is 1. The Kier molecular flexibility index (Phi) is 5.54. The zero-order chi connectivity index (χ0) is 16.1. The molecule has 2 aliphatic rings. The molecule has 23 heavy (non-hydrogen) atoms. The average molecular weight is 335 g/mol. The van der Waals surface area contributed by atoms with Gasteiger partial charge in [-0.15, -0.1) is 0 Å². The van der Waals surface area contributed by atoms with Gasteiger partial charge in [0.25, 0.3) is 0 Å². The van der Waals surface area contributed by atoms with Crippen molar-refractivity contribution in [1.82, 2.24) is 10.2 Å². The fourth-order valence-corrected chi connectivity index (χ4v) is 4.05. The molecule has 1 aromatic rings. The summed E-state index contributed by atoms with van der Waals surface area (Å²) in [4.78, 5) is 16.5. The summed E-state index contributed by atoms with van der Waals surface area (Å²) in [6.45, 7) is 4.54. The number of benzene rings is 1. The number of urea groups is 1. The Hall–Kier alpha value is -1.56. The highest BCUT2D eigenvalue weighted by Gasteiger charge is 2.24. The first-order chi connectivity index (χ1) is 11.3. The second kappa shape index (κ2) is 7.81. The maximum atomic E-state index is 12.2. The second-order valence-electron chi connectivity index (χ2n) is 6.09. The molecule has 3 rings (SSSR count). The van der Waals surface area contributed by atoms with Crippen LogP contribution >= 0.6 is 11.8 Å². The first-order valence-electron chi connectivity index (χ1n) is 8.26. The first-order valence-corrected chi connectivity index (χ1v) is 9.41. The third kappa shape index (κ3) is 4.25. The Morgan fingerprint density at radius 3 is 2.96 bits per heavy atom. The van der Waals surface area contributed by atoms with Crippen LogP contribution in [0.2, 0.25) is 0 Å². The quantitative estimate of drug-likeness (QED) is 0.917. The van der Waals surface area contributed by atoms with Crippen LogP contribution in [-0.2, 0) is 0 Å². The van der Waals surface area contributed by atoms with Gasteiger partial charge in [-0.1, -0.05) is 6.07 Å². The van der Waals surface area contributed by atoms with Crippen LogP contribution in [0.4, 0.5) is 10.5 Å². The normalized spacial score (nSPS) is 21.3. The minimum absolute atomic E-state index is 0.102. The van der Waals surface area contributed by atoms with E-state index in [2.05, 4.69) is 22.3 Å². The lowest BCUT2D eigenvalue weighted by Gasteiger charge is -2.27. The Morgan fingerprint density at radius 2 is 2.17 bits per heavy atom. The lowest BCUT2D eigenvalue weighted by molar-refractivity contribution is 0.201. The van der Waals surface area contributed by atoms with E-state index in [4.69, 9.17) is 4.74 Å². The molecular formula is C17H25N3O2S. The van der Waals surface area contributed by atoms with Crippen molar-refractivity contribution in [3.05, 3.63) is 24.3 Å². The van der Waals surface area contributed by atoms with Crippen molar-refractivity contribution in [2.45, 2.75) is 6.42 Å². The lowest BCUT2D eigenvalue weighted by atomic mass is 10.1. The number of hydrogen-bond acceptors (Lipinski definition) is 4. The van der Waals surface area contributed by atoms with Gasteiger partial charge < -0.3 is 19.9 Å². The molecule has 1 unspecified atom stereocenters. The van der Waals surface area contributed by atoms with Gasteiger partial charge in [-0.05, 0) is 24.5 Å². The molecular weight excluding hydrogens is 310 g/mol. The molecule has 6 heteroatoms. The molecule has 0 bridgehead atoms. The van der Waals surface area contributed by atoms with Crippen molar-refractivity contribution >= 4 is 23.5 Å². The number of anilines is 1. The minimum Gasteiger partial charge on any atom is -0.497 e. The number of nitrogens with one attached hydrogen (secondary N) is 1. The van der Waals surface area contributed by atoms with Crippen molar-refractivity contribution in [2.24, 2.45) is 5.92 Å². The average Bonchev–Trinajstić information content (AvgIpc) is 3.09. The topological polar surface area (TPSA) is 44.8 Å². The van der Waals surface area contributed by atoms with Gasteiger partial charge in [0.15, 0.2) is 0 Å². The minimum atomic E-state index is 0.102. The molecule has 1 aromatic carbocycles. The Balaban J connectivity index is 1.46. The zero-order valence-corrected chi connectivity index (χ0v) is 14.5. The number of hydrogen-bond donors (Lipinski definition) is 1. The maximum absolute atomic E-state index is 12.2. The molecule has 2 saturated heterocycles. The molecule has 5 nitrogen and oxygen atoms in total. The fraction of sp³-hybridized carbons (Fsp3) is 0.588. The molecule has 2 fully saturated rings. The fourth-order valence-electron chi connectivity index (χ4n) is 3.15. The first kappa shape index (κ1) is 16.3. The highest BCUT2D eigenvalue weighted by atomic mass is 32.2. The van der Waals surface area contributed by atoms with Crippen LogP contribution in [0.5, 0.6) is 5.75 Å². The molecule has 126 valence electrons. The van der Waals surface area contributed by atoms with Crippen LogP contribution in [-0.4, -0.2) is 62.3 Å². The SMILES string of the molecule is COc1cccc(N2CCC(CNC(=O)N3CCSCC3)C2)c1. The summed E-state index contributed by atoms with van der Waals surface area (Å²) in [6.07, 6.45) is 1.12. The van der Waals surface area contributed by atoms with E-state index in [0.29, 0.717) is 5.92 Å². The van der Waals surface area contributed by atoms with Crippen LogP contribution in [0.25, 0.3) is 0 Å². The van der Waals surface area contributed by atoms with Crippen molar-refractivity contribution in [1.29, 1.82) is 0 Å². The van der Waals surface area contributed by atoms with E-state index in [1.165, 1.54) is 5.69 Å². The van der Waals surface area contributed by atoms with Gasteiger partial charge >= 0.3 is 6.03 Å². The van der Waals surface area contributed by atoms with Crippen LogP contribution in [0.1, 0.15) is 6.42 Å². The van der Waals surface area contributed by atoms with Gasteiger partial charge in [0, 0.05) is 56.0 Å². The summed E-state index contributed by atoms with van der Waals surface area (Å²) < 4.78 is 5.30. The van der Waals surface area contributed by atoms with Gasteiger partial charge in [0.2, 0.25) is 0 Å². The Labute approximate surface area is 142 Å². The van der Waals surface area contributed by atoms with E-state index >= 15 is 0 Å². The Bertz CT molecular complexity index is 534. The maximum Gasteiger partial charge on any atom is 0.317 e. The molecule has 2 heterocycles. The molecule has 0 aliphatic carbocycles. The van der Waals surface area contributed by atoms with Gasteiger partial charge in [-0.25, -0.2) is 4.79 Å². The number of nitrogens with zero attached hydrogens (tertiary/aromatic N) is 2. The molecule has 2 aliphatic heterocycles. The summed E-state index contributed by atoms with van der Waals surface area (Å²) in [5.41, 5.74) is 1.20. The summed E-state index contributed by atoms with van der Waals surface area (Å²) in [6, 6.07) is 8.29. The molecule has 1 N–H and O–H groups in total. The highest BCUT2D eigenvalue weighted by molar-refractivity contribution is 7.99. The van der Waals surface area contributed by atoms with Crippen molar-refractivity contribution in [3.8, 4) is 5.75 Å². The molecule has 0 spiro atoms. The van der Waals surface area contributed by atoms with Crippen LogP contribution < -0.4 is 15.0 Å². The van der Waals surface area contributed by atoms with Gasteiger partial charge in [0.05, 0.1) is 7.11 Å². The van der Waals surface area contributed by atoms with Crippen molar-refractivity contribution in [2.75, 3.05) is 56.2 Å². The monoisotopic (exact) mass is 335 g/mol. The van der Waals surface area contributed by atoms with E-state index < -0.39 is 0 Å². The second-order valence-corrected chi connectivity index (χ2v) is 7.31. The summed E-state index contributed by atoms with van der Waals surface area (Å²) >= 11 is 1.92. The van der Waals surface area contributed by atoms with Crippen LogP contribution in [0, 0.1) is 5.92 Å². The predicted molar refractivity (Wildman–Crippen MR) is 95.6 cm³/mol. The van der Waals surface area contributed by atoms with Gasteiger partial charge in [-0.2, -0.15) is 11.8 Å². The smallest absolute Gasteiger partial charge is 0.317 e.